The lowest BCUT2D eigenvalue weighted by Gasteiger charge is -2.19. The fourth-order valence-corrected chi connectivity index (χ4v) is 2.22. The largest absolute Gasteiger partial charge is 0.371 e. The van der Waals surface area contributed by atoms with Gasteiger partial charge in [0.2, 0.25) is 0 Å². The van der Waals surface area contributed by atoms with Crippen LogP contribution in [0.2, 0.25) is 0 Å². The Bertz CT molecular complexity index is 318. The Morgan fingerprint density at radius 1 is 1.27 bits per heavy atom. The van der Waals surface area contributed by atoms with Gasteiger partial charge in [0.15, 0.2) is 0 Å². The quantitative estimate of drug-likeness (QED) is 0.719. The molecule has 1 fully saturated rings. The molecule has 1 saturated heterocycles. The van der Waals surface area contributed by atoms with Crippen LogP contribution in [0.25, 0.3) is 0 Å². The molecule has 1 aromatic rings. The van der Waals surface area contributed by atoms with E-state index < -0.39 is 0 Å². The molecule has 1 aliphatic heterocycles. The number of benzene rings is 1. The molecule has 0 aromatic heterocycles. The molecule has 2 rings (SSSR count). The Labute approximate surface area is 90.9 Å². The van der Waals surface area contributed by atoms with E-state index in [1.54, 1.807) is 0 Å². The number of anilines is 1. The number of hydrogen-bond acceptors (Lipinski definition) is 1. The fraction of sp³-hybridized carbons (Fsp3) is 0.538. The summed E-state index contributed by atoms with van der Waals surface area (Å²) in [6.07, 6.45) is 1.26. The minimum atomic E-state index is -0.154. The Kier molecular flexibility index (Phi) is 2.94. The second-order valence-electron chi connectivity index (χ2n) is 4.72. The molecule has 0 aliphatic carbocycles. The van der Waals surface area contributed by atoms with Gasteiger partial charge in [0.25, 0.3) is 0 Å². The van der Waals surface area contributed by atoms with Gasteiger partial charge in [-0.2, -0.15) is 0 Å². The van der Waals surface area contributed by atoms with Gasteiger partial charge in [-0.3, -0.25) is 0 Å². The molecule has 1 heterocycles. The maximum atomic E-state index is 12.8. The summed E-state index contributed by atoms with van der Waals surface area (Å²) in [5, 5.41) is 0. The molecule has 0 amide bonds. The molecule has 0 saturated carbocycles. The third-order valence-electron chi connectivity index (χ3n) is 3.36. The first-order valence-electron chi connectivity index (χ1n) is 5.67. The number of hydrogen-bond donors (Lipinski definition) is 0. The molecule has 0 bridgehead atoms. The van der Waals surface area contributed by atoms with Crippen molar-refractivity contribution in [3.63, 3.8) is 0 Å². The van der Waals surface area contributed by atoms with E-state index in [-0.39, 0.29) is 5.82 Å². The highest BCUT2D eigenvalue weighted by atomic mass is 19.1. The predicted molar refractivity (Wildman–Crippen MR) is 61.6 cm³/mol. The molecule has 1 nitrogen and oxygen atoms in total. The number of nitrogens with zero attached hydrogens (tertiary/aromatic N) is 1. The van der Waals surface area contributed by atoms with E-state index in [1.165, 1.54) is 18.6 Å². The van der Waals surface area contributed by atoms with Crippen LogP contribution >= 0.6 is 0 Å². The summed E-state index contributed by atoms with van der Waals surface area (Å²) >= 11 is 0. The van der Waals surface area contributed by atoms with Gasteiger partial charge in [0, 0.05) is 18.8 Å². The number of halogens is 1. The van der Waals surface area contributed by atoms with Crippen LogP contribution in [0.4, 0.5) is 10.1 Å². The maximum Gasteiger partial charge on any atom is 0.123 e. The van der Waals surface area contributed by atoms with Crippen molar-refractivity contribution in [2.75, 3.05) is 18.0 Å². The first kappa shape index (κ1) is 10.5. The van der Waals surface area contributed by atoms with Crippen LogP contribution in [0, 0.1) is 17.7 Å². The van der Waals surface area contributed by atoms with Gasteiger partial charge in [0.1, 0.15) is 5.82 Å². The first-order valence-corrected chi connectivity index (χ1v) is 5.67. The van der Waals surface area contributed by atoms with Gasteiger partial charge in [-0.05, 0) is 42.5 Å². The van der Waals surface area contributed by atoms with E-state index in [2.05, 4.69) is 18.7 Å². The molecule has 0 N–H and O–H groups in total. The highest BCUT2D eigenvalue weighted by Crippen LogP contribution is 2.28. The van der Waals surface area contributed by atoms with E-state index in [1.807, 2.05) is 12.1 Å². The normalized spacial score (nSPS) is 21.3. The minimum absolute atomic E-state index is 0.154. The lowest BCUT2D eigenvalue weighted by atomic mass is 9.95. The molecule has 1 aliphatic rings. The zero-order chi connectivity index (χ0) is 10.8. The smallest absolute Gasteiger partial charge is 0.123 e. The standard InChI is InChI=1S/C13H18FN/c1-10(2)11-7-8-15(9-11)13-5-3-12(14)4-6-13/h3-6,10-11H,7-9H2,1-2H3. The highest BCUT2D eigenvalue weighted by molar-refractivity contribution is 5.47. The molecule has 1 atom stereocenters. The van der Waals surface area contributed by atoms with Crippen LogP contribution in [0.1, 0.15) is 20.3 Å². The summed E-state index contributed by atoms with van der Waals surface area (Å²) in [7, 11) is 0. The predicted octanol–water partition coefficient (Wildman–Crippen LogP) is 3.31. The van der Waals surface area contributed by atoms with Crippen LogP contribution in [0.15, 0.2) is 24.3 Å². The van der Waals surface area contributed by atoms with Crippen LogP contribution in [-0.2, 0) is 0 Å². The van der Waals surface area contributed by atoms with Gasteiger partial charge in [-0.15, -0.1) is 0 Å². The molecule has 0 spiro atoms. The van der Waals surface area contributed by atoms with Gasteiger partial charge < -0.3 is 4.90 Å². The summed E-state index contributed by atoms with van der Waals surface area (Å²) in [5.41, 5.74) is 1.15. The van der Waals surface area contributed by atoms with Crippen LogP contribution in [-0.4, -0.2) is 13.1 Å². The second kappa shape index (κ2) is 4.21. The van der Waals surface area contributed by atoms with Crippen molar-refractivity contribution in [3.8, 4) is 0 Å². The van der Waals surface area contributed by atoms with Gasteiger partial charge >= 0.3 is 0 Å². The van der Waals surface area contributed by atoms with E-state index in [9.17, 15) is 4.39 Å². The second-order valence-corrected chi connectivity index (χ2v) is 4.72. The molecule has 15 heavy (non-hydrogen) atoms. The van der Waals surface area contributed by atoms with Crippen molar-refractivity contribution in [1.29, 1.82) is 0 Å². The Morgan fingerprint density at radius 2 is 1.93 bits per heavy atom. The van der Waals surface area contributed by atoms with Crippen molar-refractivity contribution in [2.45, 2.75) is 20.3 Å². The van der Waals surface area contributed by atoms with Crippen molar-refractivity contribution in [1.82, 2.24) is 0 Å². The Hall–Kier alpha value is -1.05. The zero-order valence-electron chi connectivity index (χ0n) is 9.41. The summed E-state index contributed by atoms with van der Waals surface area (Å²) in [6.45, 7) is 6.77. The Balaban J connectivity index is 2.04. The van der Waals surface area contributed by atoms with Gasteiger partial charge in [0.05, 0.1) is 0 Å². The van der Waals surface area contributed by atoms with E-state index in [4.69, 9.17) is 0 Å². The molecule has 0 radical (unpaired) electrons. The average Bonchev–Trinajstić information content (AvgIpc) is 2.68. The topological polar surface area (TPSA) is 3.24 Å². The van der Waals surface area contributed by atoms with Gasteiger partial charge in [-0.1, -0.05) is 13.8 Å². The monoisotopic (exact) mass is 207 g/mol. The van der Waals surface area contributed by atoms with Crippen molar-refractivity contribution in [3.05, 3.63) is 30.1 Å². The van der Waals surface area contributed by atoms with Crippen LogP contribution in [0.3, 0.4) is 0 Å². The lowest BCUT2D eigenvalue weighted by Crippen LogP contribution is -2.20. The Morgan fingerprint density at radius 3 is 2.47 bits per heavy atom. The summed E-state index contributed by atoms with van der Waals surface area (Å²) in [6, 6.07) is 6.83. The van der Waals surface area contributed by atoms with E-state index >= 15 is 0 Å². The molecule has 82 valence electrons. The third kappa shape index (κ3) is 2.31. The van der Waals surface area contributed by atoms with Gasteiger partial charge in [-0.25, -0.2) is 4.39 Å². The van der Waals surface area contributed by atoms with Crippen LogP contribution < -0.4 is 4.90 Å². The maximum absolute atomic E-state index is 12.8. The average molecular weight is 207 g/mol. The molecule has 1 unspecified atom stereocenters. The third-order valence-corrected chi connectivity index (χ3v) is 3.36. The molecular formula is C13H18FN. The summed E-state index contributed by atoms with van der Waals surface area (Å²) < 4.78 is 12.8. The van der Waals surface area contributed by atoms with Crippen molar-refractivity contribution < 1.29 is 4.39 Å². The molecular weight excluding hydrogens is 189 g/mol. The van der Waals surface area contributed by atoms with E-state index in [0.29, 0.717) is 0 Å². The van der Waals surface area contributed by atoms with Crippen molar-refractivity contribution >= 4 is 5.69 Å². The minimum Gasteiger partial charge on any atom is -0.371 e. The van der Waals surface area contributed by atoms with E-state index in [0.717, 1.165) is 30.6 Å². The number of rotatable bonds is 2. The summed E-state index contributed by atoms with van der Waals surface area (Å²) in [4.78, 5) is 2.35. The van der Waals surface area contributed by atoms with Crippen molar-refractivity contribution in [2.24, 2.45) is 11.8 Å². The first-order chi connectivity index (χ1) is 7.16. The molecule has 2 heteroatoms. The fourth-order valence-electron chi connectivity index (χ4n) is 2.22. The lowest BCUT2D eigenvalue weighted by molar-refractivity contribution is 0.423. The van der Waals surface area contributed by atoms with Crippen LogP contribution in [0.5, 0.6) is 0 Å². The zero-order valence-corrected chi connectivity index (χ0v) is 9.41. The summed E-state index contributed by atoms with van der Waals surface area (Å²) in [5.74, 6) is 1.38. The SMILES string of the molecule is CC(C)C1CCN(c2ccc(F)cc2)C1. The molecule has 1 aromatic carbocycles. The highest BCUT2D eigenvalue weighted by Gasteiger charge is 2.24.